The highest BCUT2D eigenvalue weighted by Gasteiger charge is 1.94. The first-order valence-corrected chi connectivity index (χ1v) is 2.56. The summed E-state index contributed by atoms with van der Waals surface area (Å²) in [7, 11) is 0. The van der Waals surface area contributed by atoms with Crippen molar-refractivity contribution < 1.29 is 22.7 Å². The Bertz CT molecular complexity index is 127. The minimum Gasteiger partial charge on any atom is -0.465 e. The van der Waals surface area contributed by atoms with E-state index in [1.54, 1.807) is 0 Å². The molecule has 0 aromatic heterocycles. The molecule has 0 saturated carbocycles. The lowest BCUT2D eigenvalue weighted by Crippen LogP contribution is -2.32. The smallest absolute Gasteiger partial charge is 0.404 e. The molecule has 0 fully saturated rings. The highest BCUT2D eigenvalue weighted by molar-refractivity contribution is 5.65. The van der Waals surface area contributed by atoms with Gasteiger partial charge in [-0.3, -0.25) is 0 Å². The van der Waals surface area contributed by atoms with Gasteiger partial charge in [0.25, 0.3) is 0 Å². The Morgan fingerprint density at radius 1 is 1.10 bits per heavy atom. The summed E-state index contributed by atoms with van der Waals surface area (Å²) in [4.78, 5) is 19.5. The zero-order valence-corrected chi connectivity index (χ0v) is 5.13. The van der Waals surface area contributed by atoms with Gasteiger partial charge >= 0.3 is 12.2 Å². The molecule has 6 nitrogen and oxygen atoms in total. The molecule has 0 saturated heterocycles. The van der Waals surface area contributed by atoms with Gasteiger partial charge in [-0.1, -0.05) is 0 Å². The van der Waals surface area contributed by atoms with Crippen LogP contribution in [0.15, 0.2) is 0 Å². The van der Waals surface area contributed by atoms with Crippen molar-refractivity contribution in [3.05, 3.63) is 0 Å². The molecule has 62 valence electrons. The van der Waals surface area contributed by atoms with Crippen LogP contribution < -0.4 is 10.6 Å². The summed E-state index contributed by atoms with van der Waals surface area (Å²) in [5, 5.41) is 20.0. The molecule has 0 radical (unpaired) electrons. The first kappa shape index (κ1) is 8.54. The van der Waals surface area contributed by atoms with Gasteiger partial charge in [0.15, 0.2) is 0 Å². The van der Waals surface area contributed by atoms with Crippen molar-refractivity contribution in [1.82, 2.24) is 10.6 Å². The van der Waals surface area contributed by atoms with E-state index >= 15 is 0 Å². The summed E-state index contributed by atoms with van der Waals surface area (Å²) in [6, 6.07) is 0. The van der Waals surface area contributed by atoms with Gasteiger partial charge in [-0.15, -0.1) is 0 Å². The number of nitrogens with one attached hydrogen (secondary N) is 2. The van der Waals surface area contributed by atoms with Crippen LogP contribution in [0.1, 0.15) is 2.85 Å². The van der Waals surface area contributed by atoms with Crippen LogP contribution in [0, 0.1) is 0 Å². The maximum Gasteiger partial charge on any atom is 0.404 e. The second-order valence-corrected chi connectivity index (χ2v) is 1.46. The molecule has 4 N–H and O–H groups in total. The van der Waals surface area contributed by atoms with Crippen LogP contribution in [-0.4, -0.2) is 35.5 Å². The lowest BCUT2D eigenvalue weighted by Gasteiger charge is -1.99. The standard InChI is InChI=1S/C4H8N2O4.2H2/c7-3(8)5-1-2-6-4(9)10;;/h5-6H,1-2H2,(H,7,8)(H,9,10);2*1H. The number of rotatable bonds is 3. The minimum atomic E-state index is -1.16. The summed E-state index contributed by atoms with van der Waals surface area (Å²) in [5.74, 6) is 0. The van der Waals surface area contributed by atoms with Crippen LogP contribution in [0.4, 0.5) is 9.59 Å². The number of amides is 2. The fourth-order valence-corrected chi connectivity index (χ4v) is 0.339. The molecule has 0 atom stereocenters. The van der Waals surface area contributed by atoms with E-state index in [1.807, 2.05) is 10.6 Å². The van der Waals surface area contributed by atoms with Crippen molar-refractivity contribution in [1.29, 1.82) is 0 Å². The van der Waals surface area contributed by atoms with E-state index in [0.29, 0.717) is 0 Å². The summed E-state index contributed by atoms with van der Waals surface area (Å²) < 4.78 is 0. The van der Waals surface area contributed by atoms with E-state index in [0.717, 1.165) is 0 Å². The molecule has 0 aromatic rings. The highest BCUT2D eigenvalue weighted by Crippen LogP contribution is 1.62. The maximum atomic E-state index is 9.76. The molecule has 2 amide bonds. The SMILES string of the molecule is O=C(O)NCCNC(=O)O.[HH].[HH]. The van der Waals surface area contributed by atoms with E-state index in [2.05, 4.69) is 0 Å². The third-order valence-electron chi connectivity index (χ3n) is 0.677. The van der Waals surface area contributed by atoms with E-state index in [1.165, 1.54) is 0 Å². The average molecular weight is 152 g/mol. The number of carbonyl (C=O) groups is 2. The lowest BCUT2D eigenvalue weighted by molar-refractivity contribution is 0.189. The van der Waals surface area contributed by atoms with Crippen molar-refractivity contribution >= 4 is 12.2 Å². The molecule has 0 bridgehead atoms. The Kier molecular flexibility index (Phi) is 3.78. The summed E-state index contributed by atoms with van der Waals surface area (Å²) in [6.07, 6.45) is -2.32. The van der Waals surface area contributed by atoms with E-state index in [9.17, 15) is 9.59 Å². The van der Waals surface area contributed by atoms with Crippen molar-refractivity contribution in [2.45, 2.75) is 0 Å². The first-order chi connectivity index (χ1) is 4.63. The molecule has 0 spiro atoms. The Labute approximate surface area is 59.8 Å². The van der Waals surface area contributed by atoms with Gasteiger partial charge in [0.1, 0.15) is 0 Å². The van der Waals surface area contributed by atoms with Gasteiger partial charge in [-0.25, -0.2) is 9.59 Å². The summed E-state index contributed by atoms with van der Waals surface area (Å²) in [6.45, 7) is 0.170. The van der Waals surface area contributed by atoms with Crippen LogP contribution in [-0.2, 0) is 0 Å². The number of carboxylic acid groups (broad SMARTS) is 2. The fourth-order valence-electron chi connectivity index (χ4n) is 0.339. The van der Waals surface area contributed by atoms with Crippen LogP contribution in [0.3, 0.4) is 0 Å². The topological polar surface area (TPSA) is 98.7 Å². The van der Waals surface area contributed by atoms with Crippen LogP contribution >= 0.6 is 0 Å². The zero-order chi connectivity index (χ0) is 7.98. The van der Waals surface area contributed by atoms with Crippen LogP contribution in [0.5, 0.6) is 0 Å². The van der Waals surface area contributed by atoms with Crippen molar-refractivity contribution in [2.75, 3.05) is 13.1 Å². The second-order valence-electron chi connectivity index (χ2n) is 1.46. The van der Waals surface area contributed by atoms with Crippen molar-refractivity contribution in [3.63, 3.8) is 0 Å². The Hall–Kier alpha value is -1.46. The van der Waals surface area contributed by atoms with E-state index in [-0.39, 0.29) is 15.9 Å². The van der Waals surface area contributed by atoms with Crippen molar-refractivity contribution in [3.8, 4) is 0 Å². The normalized spacial score (nSPS) is 8.40. The molecule has 0 aliphatic heterocycles. The van der Waals surface area contributed by atoms with Gasteiger partial charge < -0.3 is 20.8 Å². The van der Waals surface area contributed by atoms with Gasteiger partial charge in [-0.05, 0) is 0 Å². The molecule has 6 heteroatoms. The van der Waals surface area contributed by atoms with Gasteiger partial charge in [0.2, 0.25) is 0 Å². The fraction of sp³-hybridized carbons (Fsp3) is 0.500. The maximum absolute atomic E-state index is 9.76. The zero-order valence-electron chi connectivity index (χ0n) is 5.13. The Morgan fingerprint density at radius 2 is 1.40 bits per heavy atom. The highest BCUT2D eigenvalue weighted by atomic mass is 16.4. The first-order valence-electron chi connectivity index (χ1n) is 2.56. The molecule has 0 aliphatic rings. The molecule has 0 unspecified atom stereocenters. The Morgan fingerprint density at radius 3 is 1.60 bits per heavy atom. The van der Waals surface area contributed by atoms with E-state index in [4.69, 9.17) is 10.2 Å². The van der Waals surface area contributed by atoms with Gasteiger partial charge in [0.05, 0.1) is 0 Å². The largest absolute Gasteiger partial charge is 0.465 e. The summed E-state index contributed by atoms with van der Waals surface area (Å²) in [5.41, 5.74) is 0. The second kappa shape index (κ2) is 4.42. The third kappa shape index (κ3) is 6.54. The van der Waals surface area contributed by atoms with Crippen LogP contribution in [0.2, 0.25) is 0 Å². The molecule has 0 rings (SSSR count). The molecule has 0 aromatic carbocycles. The predicted octanol–water partition coefficient (Wildman–Crippen LogP) is 0.0136. The quantitative estimate of drug-likeness (QED) is 0.428. The monoisotopic (exact) mass is 152 g/mol. The molecular weight excluding hydrogens is 140 g/mol. The van der Waals surface area contributed by atoms with Gasteiger partial charge in [0, 0.05) is 15.9 Å². The average Bonchev–Trinajstić information content (AvgIpc) is 1.79. The van der Waals surface area contributed by atoms with Crippen LogP contribution in [0.25, 0.3) is 0 Å². The third-order valence-corrected chi connectivity index (χ3v) is 0.677. The number of hydrogen-bond acceptors (Lipinski definition) is 2. The summed E-state index contributed by atoms with van der Waals surface area (Å²) >= 11 is 0. The number of hydrogen-bond donors (Lipinski definition) is 4. The van der Waals surface area contributed by atoms with Gasteiger partial charge in [-0.2, -0.15) is 0 Å². The molecule has 0 heterocycles. The minimum absolute atomic E-state index is 0. The Balaban J connectivity index is -0.000000405. The van der Waals surface area contributed by atoms with E-state index < -0.39 is 12.2 Å². The molecular formula is C4H12N2O4. The molecule has 10 heavy (non-hydrogen) atoms. The molecule has 0 aliphatic carbocycles. The van der Waals surface area contributed by atoms with Crippen molar-refractivity contribution in [2.24, 2.45) is 0 Å². The predicted molar refractivity (Wildman–Crippen MR) is 36.3 cm³/mol. The lowest BCUT2D eigenvalue weighted by atomic mass is 10.6.